The normalized spacial score (nSPS) is 16.0. The van der Waals surface area contributed by atoms with Crippen LogP contribution in [0.1, 0.15) is 0 Å². The van der Waals surface area contributed by atoms with Gasteiger partial charge in [0.1, 0.15) is 5.75 Å². The minimum Gasteiger partial charge on any atom is -0.482 e. The summed E-state index contributed by atoms with van der Waals surface area (Å²) in [6.07, 6.45) is 0. The highest BCUT2D eigenvalue weighted by Gasteiger charge is 2.21. The summed E-state index contributed by atoms with van der Waals surface area (Å²) in [5.74, 6) is 0.387. The average molecular weight is 333 g/mol. The first kappa shape index (κ1) is 16.4. The second-order valence-electron chi connectivity index (χ2n) is 4.81. The maximum atomic E-state index is 12.1. The number of hydrogen-bond acceptors (Lipinski definition) is 4. The zero-order chi connectivity index (χ0) is 15.2. The van der Waals surface area contributed by atoms with E-state index in [4.69, 9.17) is 33.0 Å². The van der Waals surface area contributed by atoms with Gasteiger partial charge in [-0.15, -0.1) is 0 Å². The molecule has 1 aliphatic rings. The molecule has 2 rings (SSSR count). The molecule has 1 heterocycles. The third kappa shape index (κ3) is 4.74. The first-order chi connectivity index (χ1) is 10.1. The van der Waals surface area contributed by atoms with E-state index in [-0.39, 0.29) is 19.1 Å². The van der Waals surface area contributed by atoms with Crippen LogP contribution in [0.5, 0.6) is 5.75 Å². The number of rotatable bonds is 5. The molecule has 0 radical (unpaired) electrons. The van der Waals surface area contributed by atoms with Crippen molar-refractivity contribution < 1.29 is 14.6 Å². The highest BCUT2D eigenvalue weighted by Crippen LogP contribution is 2.27. The van der Waals surface area contributed by atoms with E-state index in [2.05, 4.69) is 4.90 Å². The summed E-state index contributed by atoms with van der Waals surface area (Å²) in [4.78, 5) is 16.0. The van der Waals surface area contributed by atoms with Gasteiger partial charge in [-0.25, -0.2) is 0 Å². The van der Waals surface area contributed by atoms with Crippen LogP contribution in [0.2, 0.25) is 10.0 Å². The fourth-order valence-corrected chi connectivity index (χ4v) is 2.65. The number of ether oxygens (including phenoxy) is 1. The molecule has 1 fully saturated rings. The third-order valence-corrected chi connectivity index (χ3v) is 3.92. The molecule has 1 aromatic carbocycles. The molecule has 116 valence electrons. The Balaban J connectivity index is 1.80. The molecule has 1 N–H and O–H groups in total. The Labute approximate surface area is 134 Å². The van der Waals surface area contributed by atoms with Gasteiger partial charge >= 0.3 is 0 Å². The number of hydrogen-bond donors (Lipinski definition) is 1. The van der Waals surface area contributed by atoms with Crippen molar-refractivity contribution in [1.29, 1.82) is 0 Å². The molecule has 0 saturated carbocycles. The van der Waals surface area contributed by atoms with Crippen LogP contribution in [0.4, 0.5) is 0 Å². The van der Waals surface area contributed by atoms with Crippen LogP contribution in [0, 0.1) is 0 Å². The Morgan fingerprint density at radius 3 is 2.57 bits per heavy atom. The van der Waals surface area contributed by atoms with Gasteiger partial charge in [-0.1, -0.05) is 23.2 Å². The Bertz CT molecular complexity index is 491. The Kier molecular flexibility index (Phi) is 6.11. The van der Waals surface area contributed by atoms with Crippen molar-refractivity contribution in [3.05, 3.63) is 28.2 Å². The number of carbonyl (C=O) groups is 1. The molecule has 0 aromatic heterocycles. The van der Waals surface area contributed by atoms with Crippen molar-refractivity contribution in [3.8, 4) is 5.75 Å². The lowest BCUT2D eigenvalue weighted by Gasteiger charge is -2.34. The Morgan fingerprint density at radius 2 is 1.95 bits per heavy atom. The lowest BCUT2D eigenvalue weighted by atomic mass is 10.3. The largest absolute Gasteiger partial charge is 0.482 e. The lowest BCUT2D eigenvalue weighted by molar-refractivity contribution is -0.135. The predicted molar refractivity (Wildman–Crippen MR) is 82.1 cm³/mol. The molecule has 5 nitrogen and oxygen atoms in total. The molecule has 0 spiro atoms. The molecule has 7 heteroatoms. The number of nitrogens with zero attached hydrogens (tertiary/aromatic N) is 2. The number of aliphatic hydroxyl groups excluding tert-OH is 1. The van der Waals surface area contributed by atoms with Gasteiger partial charge in [-0.05, 0) is 18.2 Å². The van der Waals surface area contributed by atoms with Crippen LogP contribution in [-0.2, 0) is 4.79 Å². The van der Waals surface area contributed by atoms with E-state index in [1.54, 1.807) is 23.1 Å². The topological polar surface area (TPSA) is 53.0 Å². The van der Waals surface area contributed by atoms with Crippen molar-refractivity contribution in [1.82, 2.24) is 9.80 Å². The van der Waals surface area contributed by atoms with E-state index >= 15 is 0 Å². The number of β-amino-alcohol motifs (C(OH)–C–C–N with tert-alkyl or cyclic N) is 1. The van der Waals surface area contributed by atoms with E-state index in [1.807, 2.05) is 0 Å². The smallest absolute Gasteiger partial charge is 0.260 e. The summed E-state index contributed by atoms with van der Waals surface area (Å²) in [5, 5.41) is 9.80. The van der Waals surface area contributed by atoms with Crippen LogP contribution < -0.4 is 4.74 Å². The average Bonchev–Trinajstić information content (AvgIpc) is 2.47. The minimum atomic E-state index is -0.0651. The molecular weight excluding hydrogens is 315 g/mol. The van der Waals surface area contributed by atoms with Gasteiger partial charge in [-0.3, -0.25) is 9.69 Å². The molecule has 21 heavy (non-hydrogen) atoms. The number of carbonyl (C=O) groups excluding carboxylic acids is 1. The van der Waals surface area contributed by atoms with Crippen LogP contribution in [0.15, 0.2) is 18.2 Å². The standard InChI is InChI=1S/C14H18Cl2N2O3/c15-11-1-2-13(12(16)9-11)21-10-14(20)18-5-3-17(4-6-18)7-8-19/h1-2,9,19H,3-8,10H2. The maximum Gasteiger partial charge on any atom is 0.260 e. The number of amides is 1. The predicted octanol–water partition coefficient (Wildman–Crippen LogP) is 1.51. The van der Waals surface area contributed by atoms with Gasteiger partial charge in [-0.2, -0.15) is 0 Å². The highest BCUT2D eigenvalue weighted by atomic mass is 35.5. The fourth-order valence-electron chi connectivity index (χ4n) is 2.19. The lowest BCUT2D eigenvalue weighted by Crippen LogP contribution is -2.50. The van der Waals surface area contributed by atoms with Crippen LogP contribution in [0.3, 0.4) is 0 Å². The van der Waals surface area contributed by atoms with Crippen molar-refractivity contribution >= 4 is 29.1 Å². The van der Waals surface area contributed by atoms with Crippen molar-refractivity contribution in [2.45, 2.75) is 0 Å². The SMILES string of the molecule is O=C(COc1ccc(Cl)cc1Cl)N1CCN(CCO)CC1. The van der Waals surface area contributed by atoms with E-state index < -0.39 is 0 Å². The first-order valence-corrected chi connectivity index (χ1v) is 7.54. The molecule has 0 atom stereocenters. The van der Waals surface area contributed by atoms with Gasteiger partial charge in [0.05, 0.1) is 11.6 Å². The van der Waals surface area contributed by atoms with Crippen molar-refractivity contribution in [2.24, 2.45) is 0 Å². The van der Waals surface area contributed by atoms with Gasteiger partial charge in [0.2, 0.25) is 0 Å². The molecule has 0 aliphatic carbocycles. The first-order valence-electron chi connectivity index (χ1n) is 6.79. The van der Waals surface area contributed by atoms with Gasteiger partial charge in [0, 0.05) is 37.7 Å². The van der Waals surface area contributed by atoms with E-state index in [0.717, 1.165) is 13.1 Å². The molecule has 0 bridgehead atoms. The Hall–Kier alpha value is -1.01. The number of aliphatic hydroxyl groups is 1. The summed E-state index contributed by atoms with van der Waals surface area (Å²) >= 11 is 11.8. The molecule has 1 aliphatic heterocycles. The van der Waals surface area contributed by atoms with E-state index in [9.17, 15) is 4.79 Å². The third-order valence-electron chi connectivity index (χ3n) is 3.39. The van der Waals surface area contributed by atoms with E-state index in [0.29, 0.717) is 35.4 Å². The highest BCUT2D eigenvalue weighted by molar-refractivity contribution is 6.35. The van der Waals surface area contributed by atoms with Crippen LogP contribution in [-0.4, -0.2) is 66.8 Å². The van der Waals surface area contributed by atoms with E-state index in [1.165, 1.54) is 0 Å². The second kappa shape index (κ2) is 7.84. The number of piperazine rings is 1. The number of halogens is 2. The molecule has 0 unspecified atom stereocenters. The van der Waals surface area contributed by atoms with Crippen molar-refractivity contribution in [2.75, 3.05) is 45.9 Å². The minimum absolute atomic E-state index is 0.0403. The molecule has 1 saturated heterocycles. The van der Waals surface area contributed by atoms with Gasteiger partial charge < -0.3 is 14.7 Å². The van der Waals surface area contributed by atoms with Crippen LogP contribution >= 0.6 is 23.2 Å². The molecule has 1 amide bonds. The van der Waals surface area contributed by atoms with Gasteiger partial charge in [0.15, 0.2) is 6.61 Å². The zero-order valence-corrected chi connectivity index (χ0v) is 13.1. The summed E-state index contributed by atoms with van der Waals surface area (Å²) in [5.41, 5.74) is 0. The summed E-state index contributed by atoms with van der Waals surface area (Å²) in [6, 6.07) is 4.90. The quantitative estimate of drug-likeness (QED) is 0.888. The summed E-state index contributed by atoms with van der Waals surface area (Å²) < 4.78 is 5.45. The molecule has 1 aromatic rings. The Morgan fingerprint density at radius 1 is 1.24 bits per heavy atom. The summed E-state index contributed by atoms with van der Waals surface area (Å²) in [7, 11) is 0. The zero-order valence-electron chi connectivity index (χ0n) is 11.6. The molecular formula is C14H18Cl2N2O3. The summed E-state index contributed by atoms with van der Waals surface area (Å²) in [6.45, 7) is 3.60. The van der Waals surface area contributed by atoms with Crippen LogP contribution in [0.25, 0.3) is 0 Å². The van der Waals surface area contributed by atoms with Gasteiger partial charge in [0.25, 0.3) is 5.91 Å². The maximum absolute atomic E-state index is 12.1. The monoisotopic (exact) mass is 332 g/mol. The fraction of sp³-hybridized carbons (Fsp3) is 0.500. The second-order valence-corrected chi connectivity index (χ2v) is 5.65. The van der Waals surface area contributed by atoms with Crippen molar-refractivity contribution in [3.63, 3.8) is 0 Å². The number of benzene rings is 1.